The van der Waals surface area contributed by atoms with Crippen LogP contribution in [-0.2, 0) is 16.0 Å². The van der Waals surface area contributed by atoms with E-state index >= 15 is 0 Å². The number of carbonyl (C=O) groups excluding carboxylic acids is 2. The second-order valence-corrected chi connectivity index (χ2v) is 7.08. The lowest BCUT2D eigenvalue weighted by Gasteiger charge is -2.29. The van der Waals surface area contributed by atoms with Crippen molar-refractivity contribution in [1.82, 2.24) is 10.6 Å². The first kappa shape index (κ1) is 16.5. The van der Waals surface area contributed by atoms with Gasteiger partial charge in [0.05, 0.1) is 0 Å². The number of nitrogens with one attached hydrogen (secondary N) is 2. The van der Waals surface area contributed by atoms with Gasteiger partial charge in [0.2, 0.25) is 11.8 Å². The molecule has 1 aliphatic heterocycles. The molecule has 2 N–H and O–H groups in total. The molecule has 4 nitrogen and oxygen atoms in total. The minimum atomic E-state index is -0.559. The minimum Gasteiger partial charge on any atom is -0.355 e. The highest BCUT2D eigenvalue weighted by atomic mass is 16.2. The molecule has 1 aliphatic rings. The molecule has 120 valence electrons. The lowest BCUT2D eigenvalue weighted by atomic mass is 9.74. The van der Waals surface area contributed by atoms with Gasteiger partial charge in [-0.2, -0.15) is 0 Å². The van der Waals surface area contributed by atoms with Crippen LogP contribution in [0.15, 0.2) is 30.3 Å². The first-order chi connectivity index (χ1) is 10.4. The van der Waals surface area contributed by atoms with E-state index in [0.29, 0.717) is 13.1 Å². The van der Waals surface area contributed by atoms with E-state index in [9.17, 15) is 9.59 Å². The number of hydrogen-bond acceptors (Lipinski definition) is 2. The Labute approximate surface area is 132 Å². The third-order valence-corrected chi connectivity index (χ3v) is 4.36. The quantitative estimate of drug-likeness (QED) is 0.647. The predicted molar refractivity (Wildman–Crippen MR) is 87.2 cm³/mol. The fraction of sp³-hybridized carbons (Fsp3) is 0.556. The number of amides is 2. The predicted octanol–water partition coefficient (Wildman–Crippen LogP) is 2.14. The van der Waals surface area contributed by atoms with Crippen LogP contribution in [0.3, 0.4) is 0 Å². The van der Waals surface area contributed by atoms with Gasteiger partial charge in [-0.25, -0.2) is 0 Å². The summed E-state index contributed by atoms with van der Waals surface area (Å²) in [6.45, 7) is 7.42. The zero-order valence-electron chi connectivity index (χ0n) is 13.7. The Morgan fingerprint density at radius 3 is 2.59 bits per heavy atom. The van der Waals surface area contributed by atoms with Crippen LogP contribution in [0.2, 0.25) is 0 Å². The van der Waals surface area contributed by atoms with Crippen molar-refractivity contribution in [2.45, 2.75) is 33.6 Å². The van der Waals surface area contributed by atoms with E-state index in [2.05, 4.69) is 43.5 Å². The molecular weight excluding hydrogens is 276 g/mol. The SMILES string of the molecule is CC(C)(C)[C@@H]1CNC(=O)[C@H]1C(=O)NCCCc1ccccc1. The zero-order valence-corrected chi connectivity index (χ0v) is 13.7. The Hall–Kier alpha value is -1.84. The molecule has 1 aromatic rings. The molecular formula is C18H26N2O2. The maximum atomic E-state index is 12.4. The van der Waals surface area contributed by atoms with Crippen LogP contribution >= 0.6 is 0 Å². The summed E-state index contributed by atoms with van der Waals surface area (Å²) in [4.78, 5) is 24.3. The Balaban J connectivity index is 1.82. The maximum absolute atomic E-state index is 12.4. The van der Waals surface area contributed by atoms with E-state index in [1.807, 2.05) is 18.2 Å². The molecule has 1 heterocycles. The fourth-order valence-corrected chi connectivity index (χ4v) is 2.99. The molecule has 0 aromatic heterocycles. The first-order valence-corrected chi connectivity index (χ1v) is 7.99. The summed E-state index contributed by atoms with van der Waals surface area (Å²) in [7, 11) is 0. The summed E-state index contributed by atoms with van der Waals surface area (Å²) in [5.41, 5.74) is 1.20. The average molecular weight is 302 g/mol. The third kappa shape index (κ3) is 4.09. The summed E-state index contributed by atoms with van der Waals surface area (Å²) in [5, 5.41) is 5.75. The van der Waals surface area contributed by atoms with E-state index in [4.69, 9.17) is 0 Å². The molecule has 2 rings (SSSR count). The summed E-state index contributed by atoms with van der Waals surface area (Å²) < 4.78 is 0. The van der Waals surface area contributed by atoms with Crippen molar-refractivity contribution in [3.8, 4) is 0 Å². The van der Waals surface area contributed by atoms with Crippen LogP contribution in [0.1, 0.15) is 32.8 Å². The Morgan fingerprint density at radius 2 is 1.95 bits per heavy atom. The van der Waals surface area contributed by atoms with Gasteiger partial charge in [-0.1, -0.05) is 51.1 Å². The van der Waals surface area contributed by atoms with Gasteiger partial charge in [0.1, 0.15) is 5.92 Å². The highest BCUT2D eigenvalue weighted by Crippen LogP contribution is 2.35. The van der Waals surface area contributed by atoms with Crippen LogP contribution in [0.25, 0.3) is 0 Å². The third-order valence-electron chi connectivity index (χ3n) is 4.36. The lowest BCUT2D eigenvalue weighted by molar-refractivity contribution is -0.135. The van der Waals surface area contributed by atoms with Gasteiger partial charge in [0.25, 0.3) is 0 Å². The summed E-state index contributed by atoms with van der Waals surface area (Å²) in [6.07, 6.45) is 1.81. The normalized spacial score (nSPS) is 21.5. The van der Waals surface area contributed by atoms with Crippen molar-refractivity contribution < 1.29 is 9.59 Å². The molecule has 0 radical (unpaired) electrons. The van der Waals surface area contributed by atoms with E-state index in [0.717, 1.165) is 12.8 Å². The monoisotopic (exact) mass is 302 g/mol. The Morgan fingerprint density at radius 1 is 1.27 bits per heavy atom. The molecule has 1 fully saturated rings. The van der Waals surface area contributed by atoms with Crippen molar-refractivity contribution in [2.75, 3.05) is 13.1 Å². The van der Waals surface area contributed by atoms with E-state index in [-0.39, 0.29) is 23.1 Å². The largest absolute Gasteiger partial charge is 0.355 e. The molecule has 4 heteroatoms. The molecule has 1 aromatic carbocycles. The molecule has 0 spiro atoms. The highest BCUT2D eigenvalue weighted by molar-refractivity contribution is 6.02. The van der Waals surface area contributed by atoms with Crippen LogP contribution in [-0.4, -0.2) is 24.9 Å². The molecule has 0 unspecified atom stereocenters. The molecule has 1 saturated heterocycles. The van der Waals surface area contributed by atoms with Crippen molar-refractivity contribution in [2.24, 2.45) is 17.3 Å². The van der Waals surface area contributed by atoms with Crippen molar-refractivity contribution in [1.29, 1.82) is 0 Å². The van der Waals surface area contributed by atoms with Gasteiger partial charge in [0.15, 0.2) is 0 Å². The topological polar surface area (TPSA) is 58.2 Å². The van der Waals surface area contributed by atoms with Crippen LogP contribution in [0, 0.1) is 17.3 Å². The molecule has 2 atom stereocenters. The summed E-state index contributed by atoms with van der Waals surface area (Å²) in [5.74, 6) is -0.783. The van der Waals surface area contributed by atoms with Crippen LogP contribution in [0.4, 0.5) is 0 Å². The van der Waals surface area contributed by atoms with Gasteiger partial charge in [0, 0.05) is 19.0 Å². The second-order valence-electron chi connectivity index (χ2n) is 7.08. The van der Waals surface area contributed by atoms with E-state index in [1.165, 1.54) is 5.56 Å². The minimum absolute atomic E-state index is 0.0501. The van der Waals surface area contributed by atoms with Crippen LogP contribution < -0.4 is 10.6 Å². The first-order valence-electron chi connectivity index (χ1n) is 7.99. The number of aryl methyl sites for hydroxylation is 1. The van der Waals surface area contributed by atoms with Crippen molar-refractivity contribution in [3.63, 3.8) is 0 Å². The zero-order chi connectivity index (χ0) is 16.2. The highest BCUT2D eigenvalue weighted by Gasteiger charge is 2.45. The van der Waals surface area contributed by atoms with Crippen LogP contribution in [0.5, 0.6) is 0 Å². The molecule has 0 aliphatic carbocycles. The van der Waals surface area contributed by atoms with Gasteiger partial charge in [-0.05, 0) is 23.8 Å². The standard InChI is InChI=1S/C18H26N2O2/c1-18(2,3)14-12-20-17(22)15(14)16(21)19-11-7-10-13-8-5-4-6-9-13/h4-6,8-9,14-15H,7,10-12H2,1-3H3,(H,19,21)(H,20,22)/t14-,15-/m1/s1. The maximum Gasteiger partial charge on any atom is 0.232 e. The molecule has 0 saturated carbocycles. The van der Waals surface area contributed by atoms with E-state index in [1.54, 1.807) is 0 Å². The van der Waals surface area contributed by atoms with Crippen molar-refractivity contribution >= 4 is 11.8 Å². The number of rotatable bonds is 5. The summed E-state index contributed by atoms with van der Waals surface area (Å²) >= 11 is 0. The van der Waals surface area contributed by atoms with E-state index < -0.39 is 5.92 Å². The van der Waals surface area contributed by atoms with Gasteiger partial charge < -0.3 is 10.6 Å². The van der Waals surface area contributed by atoms with Gasteiger partial charge >= 0.3 is 0 Å². The molecule has 2 amide bonds. The summed E-state index contributed by atoms with van der Waals surface area (Å²) in [6, 6.07) is 10.2. The van der Waals surface area contributed by atoms with Crippen molar-refractivity contribution in [3.05, 3.63) is 35.9 Å². The Bertz CT molecular complexity index is 520. The van der Waals surface area contributed by atoms with Gasteiger partial charge in [-0.15, -0.1) is 0 Å². The van der Waals surface area contributed by atoms with Gasteiger partial charge in [-0.3, -0.25) is 9.59 Å². The second kappa shape index (κ2) is 6.95. The fourth-order valence-electron chi connectivity index (χ4n) is 2.99. The number of benzene rings is 1. The molecule has 0 bridgehead atoms. The average Bonchev–Trinajstić information content (AvgIpc) is 2.86. The molecule has 22 heavy (non-hydrogen) atoms. The number of hydrogen-bond donors (Lipinski definition) is 2. The number of carbonyl (C=O) groups is 2. The smallest absolute Gasteiger partial charge is 0.232 e. The Kier molecular flexibility index (Phi) is 5.22. The lowest BCUT2D eigenvalue weighted by Crippen LogP contribution is -2.41.